The largest absolute Gasteiger partial charge is 0.418 e. The van der Waals surface area contributed by atoms with Crippen LogP contribution in [0.3, 0.4) is 0 Å². The molecule has 172 valence electrons. The normalized spacial score (nSPS) is 15.1. The van der Waals surface area contributed by atoms with E-state index >= 15 is 4.39 Å². The van der Waals surface area contributed by atoms with Gasteiger partial charge < -0.3 is 4.90 Å². The molecule has 1 amide bonds. The monoisotopic (exact) mass is 474 g/mol. The Kier molecular flexibility index (Phi) is 5.09. The Labute approximate surface area is 200 Å². The molecule has 0 saturated carbocycles. The van der Waals surface area contributed by atoms with E-state index in [4.69, 9.17) is 15.7 Å². The summed E-state index contributed by atoms with van der Waals surface area (Å²) in [4.78, 5) is 18.2. The van der Waals surface area contributed by atoms with Crippen LogP contribution in [0.5, 0.6) is 0 Å². The van der Waals surface area contributed by atoms with Crippen LogP contribution in [0.1, 0.15) is 32.7 Å². The molecule has 11 heteroatoms. The van der Waals surface area contributed by atoms with Crippen molar-refractivity contribution in [3.8, 4) is 11.1 Å². The highest BCUT2D eigenvalue weighted by Gasteiger charge is 2.43. The summed E-state index contributed by atoms with van der Waals surface area (Å²) in [7, 11) is 13.9. The molecule has 3 heterocycles. The van der Waals surface area contributed by atoms with Crippen LogP contribution < -0.4 is 0 Å². The average Bonchev–Trinajstić information content (AvgIpc) is 3.25. The van der Waals surface area contributed by atoms with Crippen LogP contribution in [0.25, 0.3) is 22.0 Å². The topological polar surface area (TPSA) is 51.0 Å². The fourth-order valence-electron chi connectivity index (χ4n) is 4.53. The molecule has 0 unspecified atom stereocenters. The predicted octanol–water partition coefficient (Wildman–Crippen LogP) is 4.20. The Morgan fingerprint density at radius 1 is 1.11 bits per heavy atom. The van der Waals surface area contributed by atoms with Gasteiger partial charge in [-0.25, -0.2) is 4.39 Å². The van der Waals surface area contributed by atoms with Crippen LogP contribution in [0.15, 0.2) is 48.8 Å². The second-order valence-electron chi connectivity index (χ2n) is 8.59. The molecule has 35 heavy (non-hydrogen) atoms. The Hall–Kier alpha value is -3.62. The number of pyridine rings is 1. The van der Waals surface area contributed by atoms with E-state index in [0.29, 0.717) is 16.7 Å². The van der Waals surface area contributed by atoms with Crippen molar-refractivity contribution in [2.75, 3.05) is 0 Å². The minimum absolute atomic E-state index is 0.185. The molecule has 5 rings (SSSR count). The zero-order chi connectivity index (χ0) is 25.3. The fraction of sp³-hybridized carbons (Fsp3) is 0.208. The van der Waals surface area contributed by atoms with Gasteiger partial charge in [-0.2, -0.15) is 18.3 Å². The number of benzene rings is 2. The van der Waals surface area contributed by atoms with Crippen molar-refractivity contribution in [1.82, 2.24) is 19.7 Å². The van der Waals surface area contributed by atoms with Gasteiger partial charge in [0.25, 0.3) is 5.91 Å². The fourth-order valence-corrected chi connectivity index (χ4v) is 4.53. The van der Waals surface area contributed by atoms with Gasteiger partial charge in [0.15, 0.2) is 0 Å². The lowest BCUT2D eigenvalue weighted by atomic mass is 9.59. The summed E-state index contributed by atoms with van der Waals surface area (Å²) in [6.07, 6.45) is -1.65. The first-order valence-electron chi connectivity index (χ1n) is 10.6. The third kappa shape index (κ3) is 3.61. The highest BCUT2D eigenvalue weighted by molar-refractivity contribution is 6.42. The number of fused-ring (bicyclic) bond motifs is 2. The van der Waals surface area contributed by atoms with E-state index < -0.39 is 28.8 Å². The number of aryl methyl sites for hydroxylation is 2. The minimum atomic E-state index is -4.58. The van der Waals surface area contributed by atoms with Gasteiger partial charge in [-0.3, -0.25) is 14.5 Å². The smallest absolute Gasteiger partial charge is 0.340 e. The van der Waals surface area contributed by atoms with Crippen molar-refractivity contribution in [1.29, 1.82) is 0 Å². The second-order valence-corrected chi connectivity index (χ2v) is 8.59. The van der Waals surface area contributed by atoms with Gasteiger partial charge in [0.05, 0.1) is 32.5 Å². The maximum absolute atomic E-state index is 15.4. The summed E-state index contributed by atoms with van der Waals surface area (Å²) >= 11 is 0. The number of amides is 1. The number of rotatable bonds is 3. The number of carbonyl (C=O) groups excluding carboxylic acids is 1. The summed E-state index contributed by atoms with van der Waals surface area (Å²) in [5.74, 6) is -1.12. The number of nitrogens with zero attached hydrogens (tertiary/aromatic N) is 4. The third-order valence-electron chi connectivity index (χ3n) is 6.25. The standard InChI is InChI=1S/C24H16B2F4N4O/c1-12-8-13(14-5-6-18(24(28,29)30)20-17(14)10-33(2)32-20)9-19(27)16(12)11-34-22(35)15-4-3-7-31-21(15)23(34,25)26/h3-10H,11H2,1-2H3. The van der Waals surface area contributed by atoms with Gasteiger partial charge in [-0.05, 0) is 47.9 Å². The summed E-state index contributed by atoms with van der Waals surface area (Å²) < 4.78 is 57.1. The molecular formula is C24H16B2F4N4O. The molecule has 4 aromatic rings. The van der Waals surface area contributed by atoms with Crippen molar-refractivity contribution in [2.45, 2.75) is 25.0 Å². The second kappa shape index (κ2) is 7.69. The predicted molar refractivity (Wildman–Crippen MR) is 123 cm³/mol. The molecule has 0 aliphatic carbocycles. The lowest BCUT2D eigenvalue weighted by Crippen LogP contribution is -2.45. The zero-order valence-electron chi connectivity index (χ0n) is 18.7. The number of halogens is 4. The van der Waals surface area contributed by atoms with Crippen molar-refractivity contribution < 1.29 is 22.4 Å². The SMILES string of the molecule is [B]C1([B])c2ncccc2C(=O)N1Cc1c(C)cc(-c2ccc(C(F)(F)F)c3nn(C)cc23)cc1F. The summed E-state index contributed by atoms with van der Waals surface area (Å²) in [5, 5.41) is 2.49. The van der Waals surface area contributed by atoms with Crippen LogP contribution >= 0.6 is 0 Å². The third-order valence-corrected chi connectivity index (χ3v) is 6.25. The summed E-state index contributed by atoms with van der Waals surface area (Å²) in [5.41, 5.74) is 0.793. The molecule has 0 spiro atoms. The van der Waals surface area contributed by atoms with Crippen LogP contribution in [-0.4, -0.2) is 41.3 Å². The van der Waals surface area contributed by atoms with Crippen LogP contribution in [0, 0.1) is 12.7 Å². The number of carbonyl (C=O) groups is 1. The molecule has 0 saturated heterocycles. The molecule has 0 bridgehead atoms. The van der Waals surface area contributed by atoms with Gasteiger partial charge in [0, 0.05) is 42.3 Å². The summed E-state index contributed by atoms with van der Waals surface area (Å²) in [6.45, 7) is 1.43. The van der Waals surface area contributed by atoms with E-state index in [2.05, 4.69) is 10.1 Å². The van der Waals surface area contributed by atoms with Crippen LogP contribution in [0.2, 0.25) is 0 Å². The van der Waals surface area contributed by atoms with E-state index in [1.54, 1.807) is 25.1 Å². The Bertz CT molecular complexity index is 1490. The van der Waals surface area contributed by atoms with Gasteiger partial charge in [-0.15, -0.1) is 0 Å². The first-order valence-corrected chi connectivity index (χ1v) is 10.6. The number of alkyl halides is 3. The minimum Gasteiger partial charge on any atom is -0.340 e. The van der Waals surface area contributed by atoms with Crippen molar-refractivity contribution in [3.05, 3.63) is 82.6 Å². The Morgan fingerprint density at radius 2 is 1.86 bits per heavy atom. The van der Waals surface area contributed by atoms with Gasteiger partial charge in [-0.1, -0.05) is 12.1 Å². The quantitative estimate of drug-likeness (QED) is 0.331. The first kappa shape index (κ1) is 23.1. The molecule has 0 N–H and O–H groups in total. The van der Waals surface area contributed by atoms with Crippen molar-refractivity contribution in [2.24, 2.45) is 7.05 Å². The average molecular weight is 474 g/mol. The van der Waals surface area contributed by atoms with E-state index in [1.807, 2.05) is 0 Å². The molecule has 1 aliphatic rings. The molecule has 2 aromatic heterocycles. The molecular weight excluding hydrogens is 458 g/mol. The van der Waals surface area contributed by atoms with Crippen molar-refractivity contribution in [3.63, 3.8) is 0 Å². The maximum atomic E-state index is 15.4. The number of hydrogen-bond donors (Lipinski definition) is 0. The van der Waals surface area contributed by atoms with E-state index in [9.17, 15) is 18.0 Å². The number of aromatic nitrogens is 3. The lowest BCUT2D eigenvalue weighted by molar-refractivity contribution is -0.136. The van der Waals surface area contributed by atoms with E-state index in [-0.39, 0.29) is 34.3 Å². The first-order chi connectivity index (χ1) is 16.4. The van der Waals surface area contributed by atoms with E-state index in [1.165, 1.54) is 36.3 Å². The molecule has 4 radical (unpaired) electrons. The zero-order valence-corrected chi connectivity index (χ0v) is 18.7. The molecule has 5 nitrogen and oxygen atoms in total. The van der Waals surface area contributed by atoms with Gasteiger partial charge in [0.1, 0.15) is 11.3 Å². The maximum Gasteiger partial charge on any atom is 0.418 e. The molecule has 0 fully saturated rings. The van der Waals surface area contributed by atoms with Crippen LogP contribution in [0.4, 0.5) is 17.6 Å². The number of hydrogen-bond acceptors (Lipinski definition) is 3. The van der Waals surface area contributed by atoms with E-state index in [0.717, 1.165) is 11.0 Å². The molecule has 0 atom stereocenters. The van der Waals surface area contributed by atoms with Gasteiger partial charge >= 0.3 is 6.18 Å². The van der Waals surface area contributed by atoms with Gasteiger partial charge in [0.2, 0.25) is 0 Å². The van der Waals surface area contributed by atoms with Crippen LogP contribution in [-0.2, 0) is 25.1 Å². The Balaban J connectivity index is 1.56. The Morgan fingerprint density at radius 3 is 2.51 bits per heavy atom. The molecule has 2 aromatic carbocycles. The lowest BCUT2D eigenvalue weighted by Gasteiger charge is -2.33. The molecule has 1 aliphatic heterocycles. The highest BCUT2D eigenvalue weighted by atomic mass is 19.4. The van der Waals surface area contributed by atoms with Crippen molar-refractivity contribution >= 4 is 32.5 Å². The highest BCUT2D eigenvalue weighted by Crippen LogP contribution is 2.40. The summed E-state index contributed by atoms with van der Waals surface area (Å²) in [6, 6.07) is 8.25.